The molecule has 1 aliphatic heterocycles. The van der Waals surface area contributed by atoms with Gasteiger partial charge in [-0.15, -0.1) is 0 Å². The highest BCUT2D eigenvalue weighted by Gasteiger charge is 2.24. The van der Waals surface area contributed by atoms with Gasteiger partial charge in [-0.05, 0) is 56.2 Å². The third-order valence-corrected chi connectivity index (χ3v) is 5.26. The number of H-pyrrole nitrogens is 1. The molecule has 0 radical (unpaired) electrons. The van der Waals surface area contributed by atoms with Crippen LogP contribution in [0.1, 0.15) is 42.5 Å². The number of anilines is 2. The number of hydrogen-bond donors (Lipinski definition) is 2. The van der Waals surface area contributed by atoms with E-state index in [1.54, 1.807) is 6.07 Å². The van der Waals surface area contributed by atoms with E-state index in [1.165, 1.54) is 11.6 Å². The number of pyridine rings is 1. The molecule has 1 aliphatic carbocycles. The fraction of sp³-hybridized carbons (Fsp3) is 0.474. The summed E-state index contributed by atoms with van der Waals surface area (Å²) >= 11 is 0. The van der Waals surface area contributed by atoms with Crippen molar-refractivity contribution in [2.75, 3.05) is 23.3 Å². The smallest absolute Gasteiger partial charge is 0.264 e. The molecule has 2 aliphatic rings. The number of nitrogens with one attached hydrogen (secondary N) is 2. The summed E-state index contributed by atoms with van der Waals surface area (Å²) in [4.78, 5) is 18.2. The van der Waals surface area contributed by atoms with Gasteiger partial charge in [0.25, 0.3) is 5.56 Å². The first-order chi connectivity index (χ1) is 12.7. The summed E-state index contributed by atoms with van der Waals surface area (Å²) in [6.45, 7) is 1.61. The number of fused-ring (bicyclic) bond motifs is 1. The molecule has 26 heavy (non-hydrogen) atoms. The lowest BCUT2D eigenvalue weighted by molar-refractivity contribution is 0.467. The predicted octanol–water partition coefficient (Wildman–Crippen LogP) is 2.00. The Bertz CT molecular complexity index is 879. The van der Waals surface area contributed by atoms with Crippen LogP contribution in [0.3, 0.4) is 0 Å². The maximum atomic E-state index is 11.3. The van der Waals surface area contributed by atoms with Crippen LogP contribution in [0.2, 0.25) is 0 Å². The predicted molar refractivity (Wildman–Crippen MR) is 99.3 cm³/mol. The first-order valence-electron chi connectivity index (χ1n) is 9.24. The number of aromatic nitrogens is 3. The van der Waals surface area contributed by atoms with Gasteiger partial charge in [0.1, 0.15) is 17.7 Å². The van der Waals surface area contributed by atoms with Gasteiger partial charge in [-0.2, -0.15) is 10.4 Å². The molecular weight excluding hydrogens is 328 g/mol. The molecule has 2 aromatic rings. The minimum atomic E-state index is -0.193. The molecule has 1 unspecified atom stereocenters. The molecular formula is C19H22N6O. The lowest BCUT2D eigenvalue weighted by Crippen LogP contribution is -2.44. The van der Waals surface area contributed by atoms with Crippen molar-refractivity contribution in [2.24, 2.45) is 0 Å². The number of rotatable bonds is 4. The molecule has 7 nitrogen and oxygen atoms in total. The van der Waals surface area contributed by atoms with Gasteiger partial charge in [0.05, 0.1) is 5.56 Å². The van der Waals surface area contributed by atoms with Gasteiger partial charge < -0.3 is 10.2 Å². The Morgan fingerprint density at radius 3 is 3.04 bits per heavy atom. The van der Waals surface area contributed by atoms with Crippen molar-refractivity contribution in [1.82, 2.24) is 15.2 Å². The molecule has 2 N–H and O–H groups in total. The molecule has 0 amide bonds. The standard InChI is InChI=1S/C19H22N6O/c20-11-14-10-13-4-3-6-16(13)22-19(14)21-12-15-5-1-2-9-25(15)17-7-8-18(26)24-23-17/h7-8,10,15H,1-6,9,12H2,(H,21,22)(H,24,26). The fourth-order valence-electron chi connectivity index (χ4n) is 3.92. The molecule has 0 bridgehead atoms. The summed E-state index contributed by atoms with van der Waals surface area (Å²) in [5.41, 5.74) is 2.76. The second-order valence-electron chi connectivity index (χ2n) is 6.96. The fourth-order valence-corrected chi connectivity index (χ4v) is 3.92. The zero-order valence-electron chi connectivity index (χ0n) is 14.7. The number of piperidine rings is 1. The van der Waals surface area contributed by atoms with Crippen LogP contribution in [0.25, 0.3) is 0 Å². The van der Waals surface area contributed by atoms with E-state index in [9.17, 15) is 10.1 Å². The monoisotopic (exact) mass is 350 g/mol. The Balaban J connectivity index is 1.52. The molecule has 1 fully saturated rings. The number of nitriles is 1. The largest absolute Gasteiger partial charge is 0.367 e. The molecule has 134 valence electrons. The minimum absolute atomic E-state index is 0.193. The maximum Gasteiger partial charge on any atom is 0.264 e. The molecule has 3 heterocycles. The summed E-state index contributed by atoms with van der Waals surface area (Å²) in [6, 6.07) is 7.79. The molecule has 0 aromatic carbocycles. The molecule has 0 saturated carbocycles. The van der Waals surface area contributed by atoms with Crippen molar-refractivity contribution in [3.05, 3.63) is 45.4 Å². The summed E-state index contributed by atoms with van der Waals surface area (Å²) < 4.78 is 0. The van der Waals surface area contributed by atoms with Crippen molar-refractivity contribution < 1.29 is 0 Å². The normalized spacial score (nSPS) is 19.0. The van der Waals surface area contributed by atoms with Gasteiger partial charge in [-0.25, -0.2) is 10.1 Å². The zero-order chi connectivity index (χ0) is 17.9. The molecule has 1 saturated heterocycles. The first-order valence-corrected chi connectivity index (χ1v) is 9.24. The van der Waals surface area contributed by atoms with Crippen LogP contribution in [0.15, 0.2) is 23.0 Å². The van der Waals surface area contributed by atoms with Crippen LogP contribution < -0.4 is 15.8 Å². The minimum Gasteiger partial charge on any atom is -0.367 e. The molecule has 7 heteroatoms. The first kappa shape index (κ1) is 16.6. The van der Waals surface area contributed by atoms with Crippen LogP contribution in [0.4, 0.5) is 11.6 Å². The molecule has 2 aromatic heterocycles. The van der Waals surface area contributed by atoms with Crippen LogP contribution in [0.5, 0.6) is 0 Å². The summed E-state index contributed by atoms with van der Waals surface area (Å²) in [5, 5.41) is 19.6. The van der Waals surface area contributed by atoms with Gasteiger partial charge in [0.2, 0.25) is 0 Å². The average molecular weight is 350 g/mol. The number of nitrogens with zero attached hydrogens (tertiary/aromatic N) is 4. The van der Waals surface area contributed by atoms with Crippen LogP contribution in [-0.2, 0) is 12.8 Å². The third kappa shape index (κ3) is 3.27. The molecule has 4 rings (SSSR count). The lowest BCUT2D eigenvalue weighted by Gasteiger charge is -2.36. The van der Waals surface area contributed by atoms with Gasteiger partial charge in [-0.1, -0.05) is 0 Å². The highest BCUT2D eigenvalue weighted by molar-refractivity contribution is 5.55. The van der Waals surface area contributed by atoms with Crippen molar-refractivity contribution in [3.8, 4) is 6.07 Å². The average Bonchev–Trinajstić information content (AvgIpc) is 3.14. The van der Waals surface area contributed by atoms with E-state index in [1.807, 2.05) is 6.07 Å². The highest BCUT2D eigenvalue weighted by atomic mass is 16.1. The maximum absolute atomic E-state index is 11.3. The molecule has 1 atom stereocenters. The van der Waals surface area contributed by atoms with E-state index in [4.69, 9.17) is 4.98 Å². The van der Waals surface area contributed by atoms with Crippen LogP contribution in [-0.4, -0.2) is 34.3 Å². The van der Waals surface area contributed by atoms with Gasteiger partial charge in [0, 0.05) is 30.9 Å². The lowest BCUT2D eigenvalue weighted by atomic mass is 10.0. The van der Waals surface area contributed by atoms with Crippen LogP contribution in [0, 0.1) is 11.3 Å². The Morgan fingerprint density at radius 1 is 1.31 bits per heavy atom. The van der Waals surface area contributed by atoms with Crippen molar-refractivity contribution >= 4 is 11.6 Å². The second kappa shape index (κ2) is 7.16. The van der Waals surface area contributed by atoms with Crippen molar-refractivity contribution in [2.45, 2.75) is 44.6 Å². The number of hydrogen-bond acceptors (Lipinski definition) is 6. The van der Waals surface area contributed by atoms with E-state index >= 15 is 0 Å². The van der Waals surface area contributed by atoms with E-state index in [-0.39, 0.29) is 11.6 Å². The van der Waals surface area contributed by atoms with Gasteiger partial charge in [-0.3, -0.25) is 4.79 Å². The van der Waals surface area contributed by atoms with E-state index in [0.29, 0.717) is 17.9 Å². The van der Waals surface area contributed by atoms with E-state index < -0.39 is 0 Å². The highest BCUT2D eigenvalue weighted by Crippen LogP contribution is 2.26. The summed E-state index contributed by atoms with van der Waals surface area (Å²) in [6.07, 6.45) is 6.44. The van der Waals surface area contributed by atoms with Crippen molar-refractivity contribution in [1.29, 1.82) is 5.26 Å². The third-order valence-electron chi connectivity index (χ3n) is 5.26. The van der Waals surface area contributed by atoms with Gasteiger partial charge >= 0.3 is 0 Å². The Kier molecular flexibility index (Phi) is 4.57. The Hall–Kier alpha value is -2.88. The zero-order valence-corrected chi connectivity index (χ0v) is 14.7. The summed E-state index contributed by atoms with van der Waals surface area (Å²) in [5.74, 6) is 1.48. The Labute approximate surface area is 152 Å². The van der Waals surface area contributed by atoms with E-state index in [2.05, 4.69) is 26.5 Å². The Morgan fingerprint density at radius 2 is 2.23 bits per heavy atom. The number of aromatic amines is 1. The van der Waals surface area contributed by atoms with E-state index in [0.717, 1.165) is 56.6 Å². The number of aryl methyl sites for hydroxylation is 2. The molecule has 0 spiro atoms. The van der Waals surface area contributed by atoms with Gasteiger partial charge in [0.15, 0.2) is 0 Å². The summed E-state index contributed by atoms with van der Waals surface area (Å²) in [7, 11) is 0. The second-order valence-corrected chi connectivity index (χ2v) is 6.96. The van der Waals surface area contributed by atoms with Crippen molar-refractivity contribution in [3.63, 3.8) is 0 Å². The SMILES string of the molecule is N#Cc1cc2c(nc1NCC1CCCCN1c1ccc(=O)[nH]n1)CCC2. The van der Waals surface area contributed by atoms with Crippen LogP contribution >= 0.6 is 0 Å². The quantitative estimate of drug-likeness (QED) is 0.875. The topological polar surface area (TPSA) is 97.7 Å².